The molecule has 1 aromatic carbocycles. The molecule has 1 amide bonds. The molecule has 1 aromatic heterocycles. The minimum Gasteiger partial charge on any atom is -0.469 e. The van der Waals surface area contributed by atoms with Crippen LogP contribution in [0.4, 0.5) is 0 Å². The van der Waals surface area contributed by atoms with E-state index in [1.807, 2.05) is 12.1 Å². The van der Waals surface area contributed by atoms with E-state index in [4.69, 9.17) is 10.5 Å². The number of aromatic nitrogens is 1. The number of nitrogens with zero attached hydrogens (tertiary/aromatic N) is 1. The van der Waals surface area contributed by atoms with Crippen LogP contribution in [0.25, 0.3) is 10.9 Å². The van der Waals surface area contributed by atoms with Gasteiger partial charge in [-0.15, -0.1) is 0 Å². The highest BCUT2D eigenvalue weighted by Gasteiger charge is 2.27. The van der Waals surface area contributed by atoms with Crippen molar-refractivity contribution in [2.24, 2.45) is 17.6 Å². The number of rotatable bonds is 4. The quantitative estimate of drug-likeness (QED) is 0.882. The van der Waals surface area contributed by atoms with Crippen molar-refractivity contribution in [2.75, 3.05) is 7.11 Å². The molecule has 0 unspecified atom stereocenters. The van der Waals surface area contributed by atoms with Crippen LogP contribution in [0.3, 0.4) is 0 Å². The Labute approximate surface area is 135 Å². The maximum absolute atomic E-state index is 11.6. The molecule has 1 fully saturated rings. The molecule has 1 aliphatic rings. The predicted molar refractivity (Wildman–Crippen MR) is 87.9 cm³/mol. The normalized spacial score (nSPS) is 21.3. The zero-order chi connectivity index (χ0) is 16.4. The van der Waals surface area contributed by atoms with Crippen LogP contribution in [0, 0.1) is 11.8 Å². The van der Waals surface area contributed by atoms with Gasteiger partial charge in [0.2, 0.25) is 5.91 Å². The lowest BCUT2D eigenvalue weighted by atomic mass is 9.82. The standard InChI is InChI=1S/C18H22N2O3/c1-23-18(22)14-4-2-12(3-5-14)11-20-9-8-13-6-7-15(17(19)21)10-16(13)20/h6-10,12,14H,2-5,11H2,1H3,(H2,19,21)/t12-,14-. The minimum absolute atomic E-state index is 0.0547. The van der Waals surface area contributed by atoms with Crippen LogP contribution in [0.2, 0.25) is 0 Å². The number of primary amides is 1. The van der Waals surface area contributed by atoms with E-state index in [0.717, 1.165) is 43.1 Å². The summed E-state index contributed by atoms with van der Waals surface area (Å²) in [4.78, 5) is 23.0. The predicted octanol–water partition coefficient (Wildman–Crippen LogP) is 2.72. The molecule has 0 atom stereocenters. The van der Waals surface area contributed by atoms with Crippen LogP contribution >= 0.6 is 0 Å². The average molecular weight is 314 g/mol. The lowest BCUT2D eigenvalue weighted by Gasteiger charge is -2.27. The van der Waals surface area contributed by atoms with Gasteiger partial charge in [-0.3, -0.25) is 9.59 Å². The van der Waals surface area contributed by atoms with Gasteiger partial charge in [-0.1, -0.05) is 6.07 Å². The number of methoxy groups -OCH3 is 1. The van der Waals surface area contributed by atoms with Crippen molar-refractivity contribution >= 4 is 22.8 Å². The Morgan fingerprint density at radius 2 is 1.96 bits per heavy atom. The molecular weight excluding hydrogens is 292 g/mol. The van der Waals surface area contributed by atoms with Crippen LogP contribution in [0.1, 0.15) is 36.0 Å². The maximum atomic E-state index is 11.6. The first-order valence-corrected chi connectivity index (χ1v) is 8.05. The van der Waals surface area contributed by atoms with Crippen molar-refractivity contribution in [2.45, 2.75) is 32.2 Å². The summed E-state index contributed by atoms with van der Waals surface area (Å²) in [7, 11) is 1.46. The van der Waals surface area contributed by atoms with Crippen LogP contribution in [0.15, 0.2) is 30.5 Å². The third-order valence-electron chi connectivity index (χ3n) is 4.89. The van der Waals surface area contributed by atoms with Crippen molar-refractivity contribution in [3.8, 4) is 0 Å². The zero-order valence-electron chi connectivity index (χ0n) is 13.3. The van der Waals surface area contributed by atoms with Gasteiger partial charge < -0.3 is 15.0 Å². The fourth-order valence-electron chi connectivity index (χ4n) is 3.52. The third-order valence-corrected chi connectivity index (χ3v) is 4.89. The Bertz CT molecular complexity index is 727. The van der Waals surface area contributed by atoms with E-state index in [1.54, 1.807) is 6.07 Å². The smallest absolute Gasteiger partial charge is 0.308 e. The van der Waals surface area contributed by atoms with Gasteiger partial charge in [0.25, 0.3) is 0 Å². The van der Waals surface area contributed by atoms with Crippen molar-refractivity contribution < 1.29 is 14.3 Å². The third kappa shape index (κ3) is 3.23. The molecule has 0 radical (unpaired) electrons. The summed E-state index contributed by atoms with van der Waals surface area (Å²) in [6.07, 6.45) is 5.89. The molecule has 2 aromatic rings. The number of ether oxygens (including phenoxy) is 1. The molecule has 122 valence electrons. The van der Waals surface area contributed by atoms with Crippen molar-refractivity contribution in [1.29, 1.82) is 0 Å². The van der Waals surface area contributed by atoms with Gasteiger partial charge in [0.1, 0.15) is 0 Å². The zero-order valence-corrected chi connectivity index (χ0v) is 13.3. The second kappa shape index (κ2) is 6.44. The Kier molecular flexibility index (Phi) is 4.37. The first-order valence-electron chi connectivity index (χ1n) is 8.05. The van der Waals surface area contributed by atoms with E-state index < -0.39 is 5.91 Å². The van der Waals surface area contributed by atoms with Gasteiger partial charge >= 0.3 is 5.97 Å². The van der Waals surface area contributed by atoms with E-state index in [2.05, 4.69) is 16.8 Å². The summed E-state index contributed by atoms with van der Waals surface area (Å²) in [5, 5.41) is 1.11. The average Bonchev–Trinajstić information content (AvgIpc) is 2.97. The van der Waals surface area contributed by atoms with E-state index in [0.29, 0.717) is 11.5 Å². The molecule has 5 heteroatoms. The van der Waals surface area contributed by atoms with Gasteiger partial charge in [0.15, 0.2) is 0 Å². The highest BCUT2D eigenvalue weighted by atomic mass is 16.5. The van der Waals surface area contributed by atoms with Crippen LogP contribution < -0.4 is 5.73 Å². The Morgan fingerprint density at radius 3 is 2.61 bits per heavy atom. The second-order valence-corrected chi connectivity index (χ2v) is 6.35. The second-order valence-electron chi connectivity index (χ2n) is 6.35. The summed E-state index contributed by atoms with van der Waals surface area (Å²) in [5.41, 5.74) is 6.95. The van der Waals surface area contributed by atoms with Gasteiger partial charge in [0, 0.05) is 23.8 Å². The first-order chi connectivity index (χ1) is 11.1. The lowest BCUT2D eigenvalue weighted by Crippen LogP contribution is -2.24. The van der Waals surface area contributed by atoms with Gasteiger partial charge in [-0.2, -0.15) is 0 Å². The molecule has 23 heavy (non-hydrogen) atoms. The summed E-state index contributed by atoms with van der Waals surface area (Å²) in [5.74, 6) is 0.113. The number of carbonyl (C=O) groups excluding carboxylic acids is 2. The van der Waals surface area contributed by atoms with Gasteiger partial charge in [0.05, 0.1) is 13.0 Å². The molecule has 2 N–H and O–H groups in total. The topological polar surface area (TPSA) is 74.3 Å². The minimum atomic E-state index is -0.404. The van der Waals surface area contributed by atoms with E-state index in [1.165, 1.54) is 7.11 Å². The van der Waals surface area contributed by atoms with E-state index in [9.17, 15) is 9.59 Å². The summed E-state index contributed by atoms with van der Waals surface area (Å²) < 4.78 is 7.02. The molecule has 5 nitrogen and oxygen atoms in total. The van der Waals surface area contributed by atoms with Crippen LogP contribution in [0.5, 0.6) is 0 Å². The summed E-state index contributed by atoms with van der Waals surface area (Å²) >= 11 is 0. The molecule has 0 spiro atoms. The number of nitrogens with two attached hydrogens (primary N) is 1. The van der Waals surface area contributed by atoms with Gasteiger partial charge in [-0.05, 0) is 55.2 Å². The molecule has 1 aliphatic carbocycles. The number of amides is 1. The number of esters is 1. The highest BCUT2D eigenvalue weighted by molar-refractivity contribution is 5.97. The van der Waals surface area contributed by atoms with Crippen molar-refractivity contribution in [1.82, 2.24) is 4.57 Å². The SMILES string of the molecule is COC(=O)[C@H]1CC[C@H](Cn2ccc3ccc(C(N)=O)cc32)CC1. The van der Waals surface area contributed by atoms with Crippen LogP contribution in [-0.2, 0) is 16.1 Å². The first kappa shape index (κ1) is 15.6. The molecule has 1 heterocycles. The van der Waals surface area contributed by atoms with E-state index in [-0.39, 0.29) is 11.9 Å². The Balaban J connectivity index is 1.71. The molecular formula is C18H22N2O3. The van der Waals surface area contributed by atoms with Crippen molar-refractivity contribution in [3.05, 3.63) is 36.0 Å². The fourth-order valence-corrected chi connectivity index (χ4v) is 3.52. The number of benzene rings is 1. The molecule has 0 saturated heterocycles. The lowest BCUT2D eigenvalue weighted by molar-refractivity contribution is -0.146. The van der Waals surface area contributed by atoms with Gasteiger partial charge in [-0.25, -0.2) is 0 Å². The number of hydrogen-bond acceptors (Lipinski definition) is 3. The monoisotopic (exact) mass is 314 g/mol. The molecule has 3 rings (SSSR count). The highest BCUT2D eigenvalue weighted by Crippen LogP contribution is 2.31. The van der Waals surface area contributed by atoms with Crippen molar-refractivity contribution in [3.63, 3.8) is 0 Å². The summed E-state index contributed by atoms with van der Waals surface area (Å²) in [6.45, 7) is 0.902. The van der Waals surface area contributed by atoms with Crippen LogP contribution in [-0.4, -0.2) is 23.6 Å². The number of fused-ring (bicyclic) bond motifs is 1. The number of hydrogen-bond donors (Lipinski definition) is 1. The molecule has 1 saturated carbocycles. The van der Waals surface area contributed by atoms with E-state index >= 15 is 0 Å². The largest absolute Gasteiger partial charge is 0.469 e. The maximum Gasteiger partial charge on any atom is 0.308 e. The fraction of sp³-hybridized carbons (Fsp3) is 0.444. The molecule has 0 bridgehead atoms. The summed E-state index contributed by atoms with van der Waals surface area (Å²) in [6, 6.07) is 7.61. The number of carbonyl (C=O) groups is 2. The Morgan fingerprint density at radius 1 is 1.22 bits per heavy atom. The Hall–Kier alpha value is -2.30. The molecule has 0 aliphatic heterocycles.